The molecule has 0 radical (unpaired) electrons. The number of aromatic nitrogens is 3. The van der Waals surface area contributed by atoms with Crippen LogP contribution in [0.15, 0.2) is 152 Å². The van der Waals surface area contributed by atoms with E-state index in [2.05, 4.69) is 175 Å². The molecule has 0 spiro atoms. The van der Waals surface area contributed by atoms with Crippen molar-refractivity contribution in [3.8, 4) is 33.9 Å². The van der Waals surface area contributed by atoms with Gasteiger partial charge in [-0.05, 0) is 72.5 Å². The Balaban J connectivity index is 1.49. The number of aryl methyl sites for hydroxylation is 2. The second kappa shape index (κ2) is 11.4. The van der Waals surface area contributed by atoms with E-state index in [0.29, 0.717) is 0 Å². The standard InChI is InChI=1S/C45H35N3/c1-3-30-20-24-42-38(26-30)36-22-23-37-39-27-31(4-2)21-25-43(39)48(45(37)44(36)47(42)34-18-12-7-13-19-34)35-28-40(32-14-8-5-9-15-32)46-41(29-35)33-16-10-6-11-17-33/h5-29H,3-4H2,1-2H3. The lowest BCUT2D eigenvalue weighted by Crippen LogP contribution is -2.00. The molecule has 0 unspecified atom stereocenters. The molecule has 0 atom stereocenters. The molecular formula is C45H35N3. The number of fused-ring (bicyclic) bond motifs is 7. The van der Waals surface area contributed by atoms with Crippen LogP contribution in [-0.2, 0) is 12.8 Å². The van der Waals surface area contributed by atoms with Crippen molar-refractivity contribution in [2.75, 3.05) is 0 Å². The monoisotopic (exact) mass is 617 g/mol. The highest BCUT2D eigenvalue weighted by Gasteiger charge is 2.22. The van der Waals surface area contributed by atoms with Crippen LogP contribution in [0, 0.1) is 0 Å². The van der Waals surface area contributed by atoms with Crippen molar-refractivity contribution in [3.63, 3.8) is 0 Å². The minimum atomic E-state index is 0.954. The largest absolute Gasteiger partial charge is 0.307 e. The summed E-state index contributed by atoms with van der Waals surface area (Å²) in [5, 5.41) is 5.07. The molecule has 0 saturated carbocycles. The van der Waals surface area contributed by atoms with Crippen molar-refractivity contribution in [2.24, 2.45) is 0 Å². The van der Waals surface area contributed by atoms with Crippen molar-refractivity contribution in [3.05, 3.63) is 163 Å². The van der Waals surface area contributed by atoms with Gasteiger partial charge >= 0.3 is 0 Å². The fourth-order valence-corrected chi connectivity index (χ4v) is 7.41. The smallest absolute Gasteiger partial charge is 0.0788 e. The normalized spacial score (nSPS) is 11.7. The minimum Gasteiger partial charge on any atom is -0.307 e. The van der Waals surface area contributed by atoms with E-state index >= 15 is 0 Å². The quantitative estimate of drug-likeness (QED) is 0.182. The van der Waals surface area contributed by atoms with Gasteiger partial charge in [-0.3, -0.25) is 0 Å². The Morgan fingerprint density at radius 1 is 0.417 bits per heavy atom. The molecule has 6 aromatic carbocycles. The fourth-order valence-electron chi connectivity index (χ4n) is 7.41. The van der Waals surface area contributed by atoms with Crippen LogP contribution in [-0.4, -0.2) is 14.1 Å². The maximum atomic E-state index is 5.23. The first-order valence-electron chi connectivity index (χ1n) is 16.9. The molecule has 0 fully saturated rings. The summed E-state index contributed by atoms with van der Waals surface area (Å²) in [5.41, 5.74) is 13.9. The van der Waals surface area contributed by atoms with E-state index in [0.717, 1.165) is 46.7 Å². The summed E-state index contributed by atoms with van der Waals surface area (Å²) < 4.78 is 4.96. The highest BCUT2D eigenvalue weighted by Crippen LogP contribution is 2.43. The topological polar surface area (TPSA) is 22.8 Å². The number of hydrogen-bond donors (Lipinski definition) is 0. The van der Waals surface area contributed by atoms with Gasteiger partial charge < -0.3 is 9.13 Å². The molecule has 3 heteroatoms. The SMILES string of the molecule is CCc1ccc2c(c1)c1ccc3c4cc(CC)ccc4n(-c4cc(-c5ccccc5)nc(-c5ccccc5)c4)c3c1n2-c1ccccc1. The Morgan fingerprint density at radius 3 is 1.31 bits per heavy atom. The van der Waals surface area contributed by atoms with Gasteiger partial charge in [0.2, 0.25) is 0 Å². The van der Waals surface area contributed by atoms with E-state index in [1.54, 1.807) is 0 Å². The Hall–Kier alpha value is -5.93. The molecule has 230 valence electrons. The average Bonchev–Trinajstić information content (AvgIpc) is 3.67. The molecule has 0 bridgehead atoms. The lowest BCUT2D eigenvalue weighted by atomic mass is 10.0. The highest BCUT2D eigenvalue weighted by atomic mass is 15.0. The first kappa shape index (κ1) is 28.3. The number of benzene rings is 6. The van der Waals surface area contributed by atoms with Crippen molar-refractivity contribution < 1.29 is 0 Å². The molecule has 3 aromatic heterocycles. The summed E-state index contributed by atoms with van der Waals surface area (Å²) >= 11 is 0. The van der Waals surface area contributed by atoms with Crippen LogP contribution in [0.3, 0.4) is 0 Å². The Bertz CT molecular complexity index is 2550. The minimum absolute atomic E-state index is 0.954. The number of pyridine rings is 1. The van der Waals surface area contributed by atoms with Crippen LogP contribution in [0.25, 0.3) is 77.5 Å². The van der Waals surface area contributed by atoms with Gasteiger partial charge in [-0.15, -0.1) is 0 Å². The summed E-state index contributed by atoms with van der Waals surface area (Å²) in [5.74, 6) is 0. The molecule has 3 nitrogen and oxygen atoms in total. The molecule has 0 saturated heterocycles. The predicted molar refractivity (Wildman–Crippen MR) is 203 cm³/mol. The van der Waals surface area contributed by atoms with Crippen LogP contribution >= 0.6 is 0 Å². The fraction of sp³-hybridized carbons (Fsp3) is 0.0889. The molecule has 0 amide bonds. The summed E-state index contributed by atoms with van der Waals surface area (Å²) in [6, 6.07) is 55.1. The van der Waals surface area contributed by atoms with E-state index in [1.807, 2.05) is 0 Å². The van der Waals surface area contributed by atoms with Crippen molar-refractivity contribution in [2.45, 2.75) is 26.7 Å². The first-order valence-corrected chi connectivity index (χ1v) is 16.9. The van der Waals surface area contributed by atoms with Gasteiger partial charge in [0.1, 0.15) is 0 Å². The summed E-state index contributed by atoms with van der Waals surface area (Å²) in [4.78, 5) is 5.23. The van der Waals surface area contributed by atoms with Crippen LogP contribution in [0.4, 0.5) is 0 Å². The van der Waals surface area contributed by atoms with Gasteiger partial charge in [0, 0.05) is 38.4 Å². The van der Waals surface area contributed by atoms with Crippen LogP contribution in [0.5, 0.6) is 0 Å². The zero-order valence-corrected chi connectivity index (χ0v) is 27.2. The number of para-hydroxylation sites is 1. The molecule has 0 N–H and O–H groups in total. The predicted octanol–water partition coefficient (Wildman–Crippen LogP) is 11.7. The number of rotatable bonds is 6. The van der Waals surface area contributed by atoms with Crippen LogP contribution < -0.4 is 0 Å². The maximum absolute atomic E-state index is 5.23. The third kappa shape index (κ3) is 4.46. The summed E-state index contributed by atoms with van der Waals surface area (Å²) in [7, 11) is 0. The van der Waals surface area contributed by atoms with Crippen LogP contribution in [0.1, 0.15) is 25.0 Å². The molecule has 9 rings (SSSR count). The van der Waals surface area contributed by atoms with Gasteiger partial charge in [-0.1, -0.05) is 117 Å². The molecule has 3 heterocycles. The maximum Gasteiger partial charge on any atom is 0.0788 e. The van der Waals surface area contributed by atoms with Gasteiger partial charge in [-0.2, -0.15) is 0 Å². The van der Waals surface area contributed by atoms with E-state index in [9.17, 15) is 0 Å². The first-order chi connectivity index (χ1) is 23.7. The van der Waals surface area contributed by atoms with E-state index < -0.39 is 0 Å². The zero-order valence-electron chi connectivity index (χ0n) is 27.2. The third-order valence-corrected chi connectivity index (χ3v) is 9.82. The lowest BCUT2D eigenvalue weighted by molar-refractivity contribution is 1.13. The van der Waals surface area contributed by atoms with E-state index in [4.69, 9.17) is 4.98 Å². The van der Waals surface area contributed by atoms with Gasteiger partial charge in [0.05, 0.1) is 39.1 Å². The van der Waals surface area contributed by atoms with E-state index in [-0.39, 0.29) is 0 Å². The van der Waals surface area contributed by atoms with Crippen molar-refractivity contribution in [1.29, 1.82) is 0 Å². The third-order valence-electron chi connectivity index (χ3n) is 9.82. The van der Waals surface area contributed by atoms with E-state index in [1.165, 1.54) is 54.7 Å². The molecule has 9 aromatic rings. The molecule has 0 aliphatic carbocycles. The Kier molecular flexibility index (Phi) is 6.72. The number of nitrogens with zero attached hydrogens (tertiary/aromatic N) is 3. The van der Waals surface area contributed by atoms with Gasteiger partial charge in [0.25, 0.3) is 0 Å². The van der Waals surface area contributed by atoms with Gasteiger partial charge in [-0.25, -0.2) is 4.98 Å². The molecule has 0 aliphatic heterocycles. The zero-order chi connectivity index (χ0) is 32.2. The average molecular weight is 618 g/mol. The Labute approximate surface area is 280 Å². The molecule has 0 aliphatic rings. The number of hydrogen-bond acceptors (Lipinski definition) is 1. The molecular weight excluding hydrogens is 583 g/mol. The second-order valence-corrected chi connectivity index (χ2v) is 12.6. The summed E-state index contributed by atoms with van der Waals surface area (Å²) in [6.07, 6.45) is 1.98. The second-order valence-electron chi connectivity index (χ2n) is 12.6. The lowest BCUT2D eigenvalue weighted by Gasteiger charge is -2.15. The van der Waals surface area contributed by atoms with Crippen molar-refractivity contribution >= 4 is 43.6 Å². The summed E-state index contributed by atoms with van der Waals surface area (Å²) in [6.45, 7) is 4.47. The van der Waals surface area contributed by atoms with Gasteiger partial charge in [0.15, 0.2) is 0 Å². The highest BCUT2D eigenvalue weighted by molar-refractivity contribution is 6.24. The van der Waals surface area contributed by atoms with Crippen molar-refractivity contribution in [1.82, 2.24) is 14.1 Å². The molecule has 48 heavy (non-hydrogen) atoms. The Morgan fingerprint density at radius 2 is 0.854 bits per heavy atom. The van der Waals surface area contributed by atoms with Crippen LogP contribution in [0.2, 0.25) is 0 Å².